The molecule has 0 aromatic heterocycles. The quantitative estimate of drug-likeness (QED) is 0.821. The van der Waals surface area contributed by atoms with Crippen LogP contribution in [0.4, 0.5) is 11.4 Å². The van der Waals surface area contributed by atoms with Crippen molar-refractivity contribution in [3.8, 4) is 0 Å². The van der Waals surface area contributed by atoms with Crippen LogP contribution in [0.25, 0.3) is 0 Å². The van der Waals surface area contributed by atoms with Crippen LogP contribution in [0.15, 0.2) is 54.6 Å². The lowest BCUT2D eigenvalue weighted by atomic mass is 10.1. The first-order valence-corrected chi connectivity index (χ1v) is 7.45. The molecule has 0 saturated heterocycles. The molecule has 1 unspecified atom stereocenters. The second kappa shape index (κ2) is 7.70. The fourth-order valence-corrected chi connectivity index (χ4v) is 2.18. The molecule has 3 nitrogen and oxygen atoms in total. The van der Waals surface area contributed by atoms with Crippen LogP contribution in [0.1, 0.15) is 19.8 Å². The summed E-state index contributed by atoms with van der Waals surface area (Å²) >= 11 is 5.84. The second-order valence-electron chi connectivity index (χ2n) is 4.85. The summed E-state index contributed by atoms with van der Waals surface area (Å²) in [6.45, 7) is 2.06. The van der Waals surface area contributed by atoms with Gasteiger partial charge < -0.3 is 10.6 Å². The van der Waals surface area contributed by atoms with Crippen molar-refractivity contribution in [1.82, 2.24) is 0 Å². The standard InChI is InChI=1S/C17H19ClN2O/c1-2-6-16(19-14-7-4-3-5-8-14)17(21)20-15-11-9-13(18)10-12-15/h3-5,7-12,16,19H,2,6H2,1H3,(H,20,21). The van der Waals surface area contributed by atoms with Gasteiger partial charge in [0.15, 0.2) is 0 Å². The first kappa shape index (κ1) is 15.4. The van der Waals surface area contributed by atoms with E-state index in [1.807, 2.05) is 30.3 Å². The van der Waals surface area contributed by atoms with E-state index >= 15 is 0 Å². The highest BCUT2D eigenvalue weighted by Gasteiger charge is 2.17. The second-order valence-corrected chi connectivity index (χ2v) is 5.28. The smallest absolute Gasteiger partial charge is 0.246 e. The molecule has 0 aliphatic rings. The number of benzene rings is 2. The van der Waals surface area contributed by atoms with Gasteiger partial charge in [-0.3, -0.25) is 4.79 Å². The molecule has 4 heteroatoms. The van der Waals surface area contributed by atoms with Gasteiger partial charge in [-0.05, 0) is 42.8 Å². The van der Waals surface area contributed by atoms with Crippen LogP contribution < -0.4 is 10.6 Å². The molecule has 21 heavy (non-hydrogen) atoms. The van der Waals surface area contributed by atoms with Crippen molar-refractivity contribution in [2.75, 3.05) is 10.6 Å². The minimum absolute atomic E-state index is 0.0389. The predicted octanol–water partition coefficient (Wildman–Crippen LogP) is 4.56. The number of carbonyl (C=O) groups excluding carboxylic acids is 1. The molecule has 0 heterocycles. The zero-order valence-electron chi connectivity index (χ0n) is 12.0. The maximum atomic E-state index is 12.4. The third kappa shape index (κ3) is 4.80. The summed E-state index contributed by atoms with van der Waals surface area (Å²) in [6.07, 6.45) is 1.70. The summed E-state index contributed by atoms with van der Waals surface area (Å²) < 4.78 is 0. The summed E-state index contributed by atoms with van der Waals surface area (Å²) in [5, 5.41) is 6.84. The van der Waals surface area contributed by atoms with Gasteiger partial charge in [0, 0.05) is 16.4 Å². The van der Waals surface area contributed by atoms with Gasteiger partial charge in [0.2, 0.25) is 5.91 Å². The predicted molar refractivity (Wildman–Crippen MR) is 88.8 cm³/mol. The van der Waals surface area contributed by atoms with E-state index in [1.54, 1.807) is 24.3 Å². The van der Waals surface area contributed by atoms with Crippen LogP contribution in [-0.4, -0.2) is 11.9 Å². The number of anilines is 2. The van der Waals surface area contributed by atoms with Crippen LogP contribution in [0.3, 0.4) is 0 Å². The summed E-state index contributed by atoms with van der Waals surface area (Å²) in [7, 11) is 0. The Hall–Kier alpha value is -2.00. The van der Waals surface area contributed by atoms with Gasteiger partial charge >= 0.3 is 0 Å². The molecular weight excluding hydrogens is 284 g/mol. The lowest BCUT2D eigenvalue weighted by Gasteiger charge is -2.19. The first-order valence-electron chi connectivity index (χ1n) is 7.07. The van der Waals surface area contributed by atoms with Gasteiger partial charge in [-0.2, -0.15) is 0 Å². The molecule has 0 aliphatic heterocycles. The molecule has 2 aromatic rings. The largest absolute Gasteiger partial charge is 0.374 e. The lowest BCUT2D eigenvalue weighted by molar-refractivity contribution is -0.117. The highest BCUT2D eigenvalue weighted by Crippen LogP contribution is 2.16. The van der Waals surface area contributed by atoms with Crippen molar-refractivity contribution < 1.29 is 4.79 Å². The van der Waals surface area contributed by atoms with Gasteiger partial charge in [-0.25, -0.2) is 0 Å². The van der Waals surface area contributed by atoms with Gasteiger partial charge in [-0.15, -0.1) is 0 Å². The van der Waals surface area contributed by atoms with Crippen LogP contribution in [0.2, 0.25) is 5.02 Å². The molecule has 0 spiro atoms. The van der Waals surface area contributed by atoms with Crippen molar-refractivity contribution in [3.63, 3.8) is 0 Å². The number of amides is 1. The third-order valence-electron chi connectivity index (χ3n) is 3.12. The summed E-state index contributed by atoms with van der Waals surface area (Å²) in [5.74, 6) is -0.0389. The number of nitrogens with one attached hydrogen (secondary N) is 2. The van der Waals surface area contributed by atoms with Crippen LogP contribution >= 0.6 is 11.6 Å². The number of rotatable bonds is 6. The molecule has 0 fully saturated rings. The average Bonchev–Trinajstić information content (AvgIpc) is 2.50. The van der Waals surface area contributed by atoms with E-state index < -0.39 is 0 Å². The van der Waals surface area contributed by atoms with E-state index in [1.165, 1.54) is 0 Å². The number of hydrogen-bond acceptors (Lipinski definition) is 2. The van der Waals surface area contributed by atoms with Gasteiger partial charge in [0.1, 0.15) is 6.04 Å². The van der Waals surface area contributed by atoms with Gasteiger partial charge in [0.05, 0.1) is 0 Å². The Labute approximate surface area is 130 Å². The van der Waals surface area contributed by atoms with E-state index in [9.17, 15) is 4.79 Å². The van der Waals surface area contributed by atoms with Crippen molar-refractivity contribution >= 4 is 28.9 Å². The first-order chi connectivity index (χ1) is 10.2. The molecule has 2 N–H and O–H groups in total. The Morgan fingerprint density at radius 2 is 1.71 bits per heavy atom. The van der Waals surface area contributed by atoms with E-state index in [4.69, 9.17) is 11.6 Å². The number of hydrogen-bond donors (Lipinski definition) is 2. The number of para-hydroxylation sites is 1. The average molecular weight is 303 g/mol. The van der Waals surface area contributed by atoms with Crippen LogP contribution in [0, 0.1) is 0 Å². The van der Waals surface area contributed by atoms with Crippen molar-refractivity contribution in [2.24, 2.45) is 0 Å². The van der Waals surface area contributed by atoms with Gasteiger partial charge in [0.25, 0.3) is 0 Å². The highest BCUT2D eigenvalue weighted by atomic mass is 35.5. The van der Waals surface area contributed by atoms with Crippen molar-refractivity contribution in [1.29, 1.82) is 0 Å². The zero-order valence-corrected chi connectivity index (χ0v) is 12.7. The summed E-state index contributed by atoms with van der Waals surface area (Å²) in [6, 6.07) is 16.6. The molecule has 0 saturated carbocycles. The zero-order chi connectivity index (χ0) is 15.1. The molecule has 2 aromatic carbocycles. The summed E-state index contributed by atoms with van der Waals surface area (Å²) in [4.78, 5) is 12.4. The molecule has 110 valence electrons. The van der Waals surface area contributed by atoms with Gasteiger partial charge in [-0.1, -0.05) is 43.1 Å². The Morgan fingerprint density at radius 1 is 1.05 bits per heavy atom. The molecule has 1 atom stereocenters. The number of halogens is 1. The monoisotopic (exact) mass is 302 g/mol. The topological polar surface area (TPSA) is 41.1 Å². The van der Waals surface area contributed by atoms with Crippen LogP contribution in [0.5, 0.6) is 0 Å². The van der Waals surface area contributed by atoms with E-state index in [-0.39, 0.29) is 11.9 Å². The molecule has 0 aliphatic carbocycles. The van der Waals surface area contributed by atoms with Crippen molar-refractivity contribution in [3.05, 3.63) is 59.6 Å². The van der Waals surface area contributed by atoms with Crippen LogP contribution in [-0.2, 0) is 4.79 Å². The van der Waals surface area contributed by atoms with Crippen molar-refractivity contribution in [2.45, 2.75) is 25.8 Å². The Morgan fingerprint density at radius 3 is 2.33 bits per heavy atom. The Kier molecular flexibility index (Phi) is 5.64. The van der Waals surface area contributed by atoms with E-state index in [0.717, 1.165) is 24.2 Å². The molecule has 2 rings (SSSR count). The molecule has 1 amide bonds. The molecule has 0 bridgehead atoms. The molecular formula is C17H19ClN2O. The fourth-order valence-electron chi connectivity index (χ4n) is 2.06. The normalized spacial score (nSPS) is 11.7. The SMILES string of the molecule is CCCC(Nc1ccccc1)C(=O)Nc1ccc(Cl)cc1. The third-order valence-corrected chi connectivity index (χ3v) is 3.37. The van der Waals surface area contributed by atoms with E-state index in [2.05, 4.69) is 17.6 Å². The number of carbonyl (C=O) groups is 1. The highest BCUT2D eigenvalue weighted by molar-refractivity contribution is 6.30. The lowest BCUT2D eigenvalue weighted by Crippen LogP contribution is -2.34. The Balaban J connectivity index is 2.03. The molecule has 0 radical (unpaired) electrons. The fraction of sp³-hybridized carbons (Fsp3) is 0.235. The minimum Gasteiger partial charge on any atom is -0.374 e. The maximum Gasteiger partial charge on any atom is 0.246 e. The Bertz CT molecular complexity index is 569. The summed E-state index contributed by atoms with van der Waals surface area (Å²) in [5.41, 5.74) is 1.70. The maximum absolute atomic E-state index is 12.4. The minimum atomic E-state index is -0.256. The van der Waals surface area contributed by atoms with E-state index in [0.29, 0.717) is 5.02 Å².